The highest BCUT2D eigenvalue weighted by Crippen LogP contribution is 2.33. The number of hydrogen-bond acceptors (Lipinski definition) is 3. The number of ketones is 1. The van der Waals surface area contributed by atoms with Crippen LogP contribution in [-0.2, 0) is 9.63 Å². The molecule has 1 aliphatic heterocycles. The van der Waals surface area contributed by atoms with Gasteiger partial charge in [-0.15, -0.1) is 5.06 Å². The number of hydrogen-bond donors (Lipinski definition) is 0. The quantitative estimate of drug-likeness (QED) is 0.620. The van der Waals surface area contributed by atoms with Crippen molar-refractivity contribution in [3.63, 3.8) is 0 Å². The van der Waals surface area contributed by atoms with Crippen LogP contribution in [0.15, 0.2) is 11.8 Å². The van der Waals surface area contributed by atoms with Crippen LogP contribution in [-0.4, -0.2) is 23.9 Å². The Hall–Kier alpha value is -0.830. The van der Waals surface area contributed by atoms with Gasteiger partial charge < -0.3 is 4.84 Å². The molecule has 1 heterocycles. The fourth-order valence-electron chi connectivity index (χ4n) is 1.75. The summed E-state index contributed by atoms with van der Waals surface area (Å²) in [5.41, 5.74) is 0.776. The molecular formula is C10H17NO2. The van der Waals surface area contributed by atoms with Crippen molar-refractivity contribution in [1.82, 2.24) is 5.06 Å². The summed E-state index contributed by atoms with van der Waals surface area (Å²) in [6.07, 6.45) is 1.55. The molecule has 74 valence electrons. The lowest BCUT2D eigenvalue weighted by Crippen LogP contribution is -2.40. The number of hydroxylamine groups is 2. The fraction of sp³-hybridized carbons (Fsp3) is 0.700. The van der Waals surface area contributed by atoms with Crippen LogP contribution in [0.1, 0.15) is 27.7 Å². The Kier molecular flexibility index (Phi) is 2.48. The first-order valence-electron chi connectivity index (χ1n) is 4.44. The van der Waals surface area contributed by atoms with Gasteiger partial charge in [0, 0.05) is 7.05 Å². The highest BCUT2D eigenvalue weighted by Gasteiger charge is 2.38. The van der Waals surface area contributed by atoms with Gasteiger partial charge in [0.05, 0.1) is 11.6 Å². The highest BCUT2D eigenvalue weighted by molar-refractivity contribution is 5.94. The van der Waals surface area contributed by atoms with Gasteiger partial charge in [0.2, 0.25) is 0 Å². The zero-order chi connectivity index (χ0) is 10.2. The molecule has 0 saturated carbocycles. The van der Waals surface area contributed by atoms with Crippen molar-refractivity contribution in [1.29, 1.82) is 0 Å². The smallest absolute Gasteiger partial charge is 0.160 e. The van der Waals surface area contributed by atoms with Crippen molar-refractivity contribution in [3.8, 4) is 0 Å². The largest absolute Gasteiger partial charge is 0.413 e. The second-order valence-corrected chi connectivity index (χ2v) is 4.55. The molecule has 0 saturated heterocycles. The molecule has 0 spiro atoms. The molecule has 1 aliphatic rings. The molecule has 3 nitrogen and oxygen atoms in total. The summed E-state index contributed by atoms with van der Waals surface area (Å²) in [5, 5.41) is 1.73. The van der Waals surface area contributed by atoms with Crippen molar-refractivity contribution in [2.75, 3.05) is 7.05 Å². The summed E-state index contributed by atoms with van der Waals surface area (Å²) in [5.74, 6) is 0.0873. The molecule has 0 aromatic rings. The number of carbonyl (C=O) groups excluding carboxylic acids is 1. The van der Waals surface area contributed by atoms with E-state index in [-0.39, 0.29) is 17.2 Å². The molecule has 1 atom stereocenters. The Bertz CT molecular complexity index is 250. The molecule has 0 aromatic carbocycles. The van der Waals surface area contributed by atoms with Crippen LogP contribution >= 0.6 is 0 Å². The number of likely N-dealkylation sites (N-methyl/N-ethyl adjacent to an activating group) is 1. The minimum Gasteiger partial charge on any atom is -0.413 e. The molecule has 0 radical (unpaired) electrons. The molecule has 0 aromatic heterocycles. The summed E-state index contributed by atoms with van der Waals surface area (Å²) in [4.78, 5) is 16.5. The van der Waals surface area contributed by atoms with Crippen LogP contribution in [0.3, 0.4) is 0 Å². The molecule has 0 bridgehead atoms. The summed E-state index contributed by atoms with van der Waals surface area (Å²) >= 11 is 0. The number of rotatable bonds is 1. The molecule has 1 unspecified atom stereocenters. The molecular weight excluding hydrogens is 166 g/mol. The lowest BCUT2D eigenvalue weighted by molar-refractivity contribution is -0.118. The average Bonchev–Trinajstić information content (AvgIpc) is 2.28. The van der Waals surface area contributed by atoms with Gasteiger partial charge in [-0.05, 0) is 12.3 Å². The third-order valence-electron chi connectivity index (χ3n) is 2.23. The van der Waals surface area contributed by atoms with Crippen molar-refractivity contribution in [2.24, 2.45) is 5.41 Å². The van der Waals surface area contributed by atoms with Crippen LogP contribution < -0.4 is 0 Å². The van der Waals surface area contributed by atoms with E-state index < -0.39 is 0 Å². The summed E-state index contributed by atoms with van der Waals surface area (Å²) in [6.45, 7) is 7.87. The van der Waals surface area contributed by atoms with Crippen LogP contribution in [0.2, 0.25) is 0 Å². The van der Waals surface area contributed by atoms with Gasteiger partial charge in [-0.2, -0.15) is 0 Å². The summed E-state index contributed by atoms with van der Waals surface area (Å²) < 4.78 is 0. The Morgan fingerprint density at radius 2 is 2.08 bits per heavy atom. The van der Waals surface area contributed by atoms with Crippen LogP contribution in [0.25, 0.3) is 0 Å². The molecule has 0 amide bonds. The number of Topliss-reactive ketones (excluding diaryl/α,β-unsaturated/α-hetero) is 1. The fourth-order valence-corrected chi connectivity index (χ4v) is 1.75. The molecule has 13 heavy (non-hydrogen) atoms. The van der Waals surface area contributed by atoms with E-state index in [1.54, 1.807) is 18.2 Å². The average molecular weight is 183 g/mol. The second-order valence-electron chi connectivity index (χ2n) is 4.55. The van der Waals surface area contributed by atoms with E-state index in [0.29, 0.717) is 0 Å². The first-order valence-corrected chi connectivity index (χ1v) is 4.44. The standard InChI is InChI=1S/C10H17NO2/c1-7(12)8-6-13-11(5)9(8)10(2,3)4/h6,9H,1-5H3. The van der Waals surface area contributed by atoms with Crippen LogP contribution in [0, 0.1) is 5.41 Å². The maximum absolute atomic E-state index is 11.3. The third kappa shape index (κ3) is 1.91. The van der Waals surface area contributed by atoms with Gasteiger partial charge in [0.1, 0.15) is 6.26 Å². The van der Waals surface area contributed by atoms with Gasteiger partial charge in [-0.1, -0.05) is 20.8 Å². The highest BCUT2D eigenvalue weighted by atomic mass is 16.7. The van der Waals surface area contributed by atoms with Gasteiger partial charge in [0.25, 0.3) is 0 Å². The van der Waals surface area contributed by atoms with E-state index in [1.807, 2.05) is 7.05 Å². The monoisotopic (exact) mass is 183 g/mol. The van der Waals surface area contributed by atoms with Crippen molar-refractivity contribution in [3.05, 3.63) is 11.8 Å². The Morgan fingerprint density at radius 1 is 1.54 bits per heavy atom. The van der Waals surface area contributed by atoms with Crippen molar-refractivity contribution in [2.45, 2.75) is 33.7 Å². The SMILES string of the molecule is CC(=O)C1=CON(C)C1C(C)(C)C. The van der Waals surface area contributed by atoms with E-state index in [0.717, 1.165) is 5.57 Å². The topological polar surface area (TPSA) is 29.5 Å². The van der Waals surface area contributed by atoms with Gasteiger partial charge in [-0.3, -0.25) is 4.79 Å². The molecule has 1 rings (SSSR count). The van der Waals surface area contributed by atoms with E-state index in [4.69, 9.17) is 4.84 Å². The lowest BCUT2D eigenvalue weighted by atomic mass is 9.81. The minimum atomic E-state index is 0.0166. The van der Waals surface area contributed by atoms with Crippen LogP contribution in [0.5, 0.6) is 0 Å². The minimum absolute atomic E-state index is 0.0166. The lowest BCUT2D eigenvalue weighted by Gasteiger charge is -2.31. The summed E-state index contributed by atoms with van der Waals surface area (Å²) in [6, 6.07) is 0.0602. The predicted octanol–water partition coefficient (Wildman–Crippen LogP) is 1.75. The zero-order valence-corrected chi connectivity index (χ0v) is 8.92. The van der Waals surface area contributed by atoms with Gasteiger partial charge in [0.15, 0.2) is 5.78 Å². The Morgan fingerprint density at radius 3 is 2.38 bits per heavy atom. The first kappa shape index (κ1) is 10.3. The van der Waals surface area contributed by atoms with Gasteiger partial charge >= 0.3 is 0 Å². The maximum atomic E-state index is 11.3. The van der Waals surface area contributed by atoms with Crippen molar-refractivity contribution < 1.29 is 9.63 Å². The normalized spacial score (nSPS) is 24.1. The maximum Gasteiger partial charge on any atom is 0.160 e. The van der Waals surface area contributed by atoms with Crippen molar-refractivity contribution >= 4 is 5.78 Å². The molecule has 0 fully saturated rings. The third-order valence-corrected chi connectivity index (χ3v) is 2.23. The van der Waals surface area contributed by atoms with E-state index in [2.05, 4.69) is 20.8 Å². The van der Waals surface area contributed by atoms with E-state index in [9.17, 15) is 4.79 Å². The van der Waals surface area contributed by atoms with E-state index >= 15 is 0 Å². The molecule has 3 heteroatoms. The van der Waals surface area contributed by atoms with Crippen LogP contribution in [0.4, 0.5) is 0 Å². The molecule has 0 aliphatic carbocycles. The second kappa shape index (κ2) is 3.14. The van der Waals surface area contributed by atoms with E-state index in [1.165, 1.54) is 0 Å². The Labute approximate surface area is 79.3 Å². The van der Waals surface area contributed by atoms with Gasteiger partial charge in [-0.25, -0.2) is 0 Å². The summed E-state index contributed by atoms with van der Waals surface area (Å²) in [7, 11) is 1.85. The zero-order valence-electron chi connectivity index (χ0n) is 8.92. The molecule has 0 N–H and O–H groups in total. The Balaban J connectivity index is 2.93. The first-order chi connectivity index (χ1) is 5.84. The number of nitrogens with zero attached hydrogens (tertiary/aromatic N) is 1. The predicted molar refractivity (Wildman–Crippen MR) is 50.9 cm³/mol. The number of carbonyl (C=O) groups is 1.